The van der Waals surface area contributed by atoms with Crippen LogP contribution >= 0.6 is 0 Å². The molecular weight excluding hydrogens is 310 g/mol. The Hall–Kier alpha value is -1.14. The Bertz CT molecular complexity index is 310. The second-order valence-corrected chi connectivity index (χ2v) is 5.94. The molecule has 6 nitrogen and oxygen atoms in total. The highest BCUT2D eigenvalue weighted by atomic mass is 16.5. The van der Waals surface area contributed by atoms with E-state index in [9.17, 15) is 9.59 Å². The molecule has 0 heterocycles. The molecule has 0 rings (SSSR count). The molecule has 0 aromatic heterocycles. The van der Waals surface area contributed by atoms with Crippen LogP contribution in [0.5, 0.6) is 0 Å². The minimum absolute atomic E-state index is 0.0707. The molecule has 0 spiro atoms. The van der Waals surface area contributed by atoms with Crippen molar-refractivity contribution in [2.75, 3.05) is 33.0 Å². The van der Waals surface area contributed by atoms with Crippen molar-refractivity contribution in [3.8, 4) is 0 Å². The van der Waals surface area contributed by atoms with Gasteiger partial charge in [0.2, 0.25) is 5.91 Å². The number of hydrogen-bond acceptors (Lipinski definition) is 4. The van der Waals surface area contributed by atoms with Crippen LogP contribution in [0.25, 0.3) is 0 Å². The zero-order valence-electron chi connectivity index (χ0n) is 15.2. The van der Waals surface area contributed by atoms with Crippen LogP contribution in [0.15, 0.2) is 0 Å². The monoisotopic (exact) mass is 345 g/mol. The number of carboxylic acids is 1. The molecule has 0 aromatic rings. The molecule has 0 saturated heterocycles. The van der Waals surface area contributed by atoms with Crippen molar-refractivity contribution >= 4 is 11.9 Å². The first-order chi connectivity index (χ1) is 11.7. The highest BCUT2D eigenvalue weighted by molar-refractivity contribution is 5.75. The molecule has 0 aliphatic heterocycles. The van der Waals surface area contributed by atoms with Gasteiger partial charge in [-0.05, 0) is 38.5 Å². The molecule has 0 bridgehead atoms. The maximum atomic E-state index is 11.6. The van der Waals surface area contributed by atoms with Crippen LogP contribution in [-0.4, -0.2) is 50.0 Å². The molecule has 0 saturated carbocycles. The van der Waals surface area contributed by atoms with Crippen LogP contribution in [0.3, 0.4) is 0 Å². The Morgan fingerprint density at radius 1 is 0.792 bits per heavy atom. The molecule has 0 fully saturated rings. The highest BCUT2D eigenvalue weighted by Crippen LogP contribution is 2.05. The quantitative estimate of drug-likeness (QED) is 0.373. The van der Waals surface area contributed by atoms with Gasteiger partial charge in [0.1, 0.15) is 0 Å². The first kappa shape index (κ1) is 22.9. The summed E-state index contributed by atoms with van der Waals surface area (Å²) in [5.41, 5.74) is 0. The van der Waals surface area contributed by atoms with E-state index < -0.39 is 5.97 Å². The number of carbonyl (C=O) groups is 2. The third-order valence-corrected chi connectivity index (χ3v) is 3.51. The molecular formula is C18H35NO5. The molecule has 1 amide bonds. The van der Waals surface area contributed by atoms with Crippen LogP contribution < -0.4 is 5.32 Å². The summed E-state index contributed by atoms with van der Waals surface area (Å²) in [6.07, 6.45) is 7.97. The number of hydrogen-bond donors (Lipinski definition) is 2. The molecule has 0 radical (unpaired) electrons. The standard InChI is InChI=1S/C18H35NO5/c1-2-13-23-14-7-8-15-24-16-9-12-19-17(20)10-5-3-4-6-11-18(21)22/h2-16H2,1H3,(H,19,20)(H,21,22). The van der Waals surface area contributed by atoms with E-state index in [0.717, 1.165) is 64.8 Å². The fourth-order valence-corrected chi connectivity index (χ4v) is 2.16. The largest absolute Gasteiger partial charge is 0.481 e. The van der Waals surface area contributed by atoms with Crippen molar-refractivity contribution in [3.63, 3.8) is 0 Å². The second kappa shape index (κ2) is 18.2. The predicted molar refractivity (Wildman–Crippen MR) is 94.1 cm³/mol. The van der Waals surface area contributed by atoms with Gasteiger partial charge < -0.3 is 19.9 Å². The fraction of sp³-hybridized carbons (Fsp3) is 0.889. The normalized spacial score (nSPS) is 10.7. The summed E-state index contributed by atoms with van der Waals surface area (Å²) >= 11 is 0. The molecule has 6 heteroatoms. The van der Waals surface area contributed by atoms with E-state index in [1.165, 1.54) is 0 Å². The van der Waals surface area contributed by atoms with Gasteiger partial charge in [-0.1, -0.05) is 19.8 Å². The SMILES string of the molecule is CCCOCCCCOCCCNC(=O)CCCCCCC(=O)O. The molecule has 0 unspecified atom stereocenters. The molecule has 24 heavy (non-hydrogen) atoms. The number of amides is 1. The van der Waals surface area contributed by atoms with Crippen molar-refractivity contribution in [2.45, 2.75) is 71.1 Å². The van der Waals surface area contributed by atoms with Gasteiger partial charge in [-0.3, -0.25) is 9.59 Å². The summed E-state index contributed by atoms with van der Waals surface area (Å²) in [7, 11) is 0. The third-order valence-electron chi connectivity index (χ3n) is 3.51. The molecule has 0 aliphatic rings. The Morgan fingerprint density at radius 2 is 1.38 bits per heavy atom. The number of nitrogens with one attached hydrogen (secondary N) is 1. The topological polar surface area (TPSA) is 84.9 Å². The van der Waals surface area contributed by atoms with Gasteiger partial charge in [0.05, 0.1) is 0 Å². The molecule has 0 aromatic carbocycles. The van der Waals surface area contributed by atoms with Gasteiger partial charge in [0.25, 0.3) is 0 Å². The van der Waals surface area contributed by atoms with E-state index in [4.69, 9.17) is 14.6 Å². The lowest BCUT2D eigenvalue weighted by Crippen LogP contribution is -2.24. The maximum absolute atomic E-state index is 11.6. The minimum atomic E-state index is -0.750. The van der Waals surface area contributed by atoms with E-state index in [2.05, 4.69) is 12.2 Å². The minimum Gasteiger partial charge on any atom is -0.481 e. The number of rotatable bonds is 18. The Labute approximate surface area is 146 Å². The van der Waals surface area contributed by atoms with Gasteiger partial charge in [-0.25, -0.2) is 0 Å². The van der Waals surface area contributed by atoms with Gasteiger partial charge in [-0.15, -0.1) is 0 Å². The summed E-state index contributed by atoms with van der Waals surface area (Å²) in [6, 6.07) is 0. The smallest absolute Gasteiger partial charge is 0.303 e. The number of aliphatic carboxylic acids is 1. The summed E-state index contributed by atoms with van der Waals surface area (Å²) in [5.74, 6) is -0.680. The Kier molecular flexibility index (Phi) is 17.3. The van der Waals surface area contributed by atoms with Crippen LogP contribution in [0.1, 0.15) is 71.1 Å². The zero-order valence-corrected chi connectivity index (χ0v) is 15.2. The lowest BCUT2D eigenvalue weighted by molar-refractivity contribution is -0.137. The van der Waals surface area contributed by atoms with Gasteiger partial charge in [-0.2, -0.15) is 0 Å². The molecule has 0 aliphatic carbocycles. The maximum Gasteiger partial charge on any atom is 0.303 e. The van der Waals surface area contributed by atoms with Crippen molar-refractivity contribution in [1.82, 2.24) is 5.32 Å². The van der Waals surface area contributed by atoms with E-state index in [1.807, 2.05) is 0 Å². The summed E-state index contributed by atoms with van der Waals surface area (Å²) in [6.45, 7) is 5.82. The van der Waals surface area contributed by atoms with Gasteiger partial charge >= 0.3 is 5.97 Å². The van der Waals surface area contributed by atoms with Gasteiger partial charge in [0, 0.05) is 45.8 Å². The first-order valence-corrected chi connectivity index (χ1v) is 9.30. The van der Waals surface area contributed by atoms with E-state index in [1.54, 1.807) is 0 Å². The van der Waals surface area contributed by atoms with Crippen LogP contribution in [-0.2, 0) is 19.1 Å². The van der Waals surface area contributed by atoms with Gasteiger partial charge in [0.15, 0.2) is 0 Å². The first-order valence-electron chi connectivity index (χ1n) is 9.30. The third kappa shape index (κ3) is 18.9. The zero-order chi connectivity index (χ0) is 17.9. The number of unbranched alkanes of at least 4 members (excludes halogenated alkanes) is 4. The molecule has 0 atom stereocenters. The van der Waals surface area contributed by atoms with Crippen molar-refractivity contribution in [1.29, 1.82) is 0 Å². The Morgan fingerprint density at radius 3 is 2.00 bits per heavy atom. The summed E-state index contributed by atoms with van der Waals surface area (Å²) < 4.78 is 10.9. The second-order valence-electron chi connectivity index (χ2n) is 5.94. The van der Waals surface area contributed by atoms with E-state index >= 15 is 0 Å². The van der Waals surface area contributed by atoms with Crippen LogP contribution in [0.4, 0.5) is 0 Å². The van der Waals surface area contributed by atoms with E-state index in [0.29, 0.717) is 26.0 Å². The lowest BCUT2D eigenvalue weighted by Gasteiger charge is -2.07. The van der Waals surface area contributed by atoms with Crippen LogP contribution in [0, 0.1) is 0 Å². The van der Waals surface area contributed by atoms with Crippen LogP contribution in [0.2, 0.25) is 0 Å². The average molecular weight is 345 g/mol. The number of carbonyl (C=O) groups excluding carboxylic acids is 1. The van der Waals surface area contributed by atoms with E-state index in [-0.39, 0.29) is 12.3 Å². The number of carboxylic acid groups (broad SMARTS) is 1. The van der Waals surface area contributed by atoms with Crippen molar-refractivity contribution in [3.05, 3.63) is 0 Å². The Balaban J connectivity index is 3.16. The molecule has 2 N–H and O–H groups in total. The molecule has 142 valence electrons. The lowest BCUT2D eigenvalue weighted by atomic mass is 10.1. The highest BCUT2D eigenvalue weighted by Gasteiger charge is 2.01. The van der Waals surface area contributed by atoms with Crippen molar-refractivity contribution < 1.29 is 24.2 Å². The predicted octanol–water partition coefficient (Wildman–Crippen LogP) is 3.14. The number of ether oxygens (including phenoxy) is 2. The average Bonchev–Trinajstić information content (AvgIpc) is 2.55. The summed E-state index contributed by atoms with van der Waals surface area (Å²) in [5, 5.41) is 11.4. The summed E-state index contributed by atoms with van der Waals surface area (Å²) in [4.78, 5) is 21.9. The fourth-order valence-electron chi connectivity index (χ4n) is 2.16. The van der Waals surface area contributed by atoms with Crippen molar-refractivity contribution in [2.24, 2.45) is 0 Å².